The van der Waals surface area contributed by atoms with Crippen LogP contribution in [0.15, 0.2) is 59.7 Å². The summed E-state index contributed by atoms with van der Waals surface area (Å²) in [6.07, 6.45) is 1.92. The molecule has 27 heavy (non-hydrogen) atoms. The number of guanidine groups is 1. The van der Waals surface area contributed by atoms with Gasteiger partial charge in [-0.05, 0) is 24.6 Å². The number of nitrogens with zero attached hydrogens (tertiary/aromatic N) is 4. The molecule has 0 aliphatic rings. The van der Waals surface area contributed by atoms with Crippen LogP contribution in [0.25, 0.3) is 5.65 Å². The van der Waals surface area contributed by atoms with Crippen LogP contribution < -0.4 is 10.6 Å². The second-order valence-corrected chi connectivity index (χ2v) is 7.52. The maximum Gasteiger partial charge on any atom is 0.191 e. The van der Waals surface area contributed by atoms with E-state index in [0.717, 1.165) is 23.6 Å². The molecule has 0 saturated carbocycles. The Labute approximate surface area is 161 Å². The molecular weight excluding hydrogens is 360 g/mol. The van der Waals surface area contributed by atoms with Gasteiger partial charge in [0.15, 0.2) is 17.4 Å². The van der Waals surface area contributed by atoms with Gasteiger partial charge >= 0.3 is 0 Å². The Bertz CT molecular complexity index is 909. The topological polar surface area (TPSA) is 83.7 Å². The average molecular weight is 385 g/mol. The van der Waals surface area contributed by atoms with Gasteiger partial charge in [0.1, 0.15) is 6.54 Å². The van der Waals surface area contributed by atoms with Crippen LogP contribution in [-0.4, -0.2) is 43.6 Å². The zero-order valence-electron chi connectivity index (χ0n) is 15.3. The largest absolute Gasteiger partial charge is 0.357 e. The van der Waals surface area contributed by atoms with E-state index in [9.17, 15) is 4.21 Å². The predicted molar refractivity (Wildman–Crippen MR) is 109 cm³/mol. The van der Waals surface area contributed by atoms with Crippen molar-refractivity contribution in [1.29, 1.82) is 0 Å². The van der Waals surface area contributed by atoms with Crippen LogP contribution in [0.2, 0.25) is 0 Å². The second kappa shape index (κ2) is 9.82. The lowest BCUT2D eigenvalue weighted by Crippen LogP contribution is -2.39. The Morgan fingerprint density at radius 3 is 2.74 bits per heavy atom. The van der Waals surface area contributed by atoms with E-state index >= 15 is 0 Å². The average Bonchev–Trinajstić information content (AvgIpc) is 3.10. The summed E-state index contributed by atoms with van der Waals surface area (Å²) in [4.78, 5) is 4.56. The SMILES string of the molecule is CCNC(=NCc1nnc2ccccn12)NCCS(=O)Cc1ccccc1. The molecule has 0 bridgehead atoms. The predicted octanol–water partition coefficient (Wildman–Crippen LogP) is 1.73. The Morgan fingerprint density at radius 1 is 1.11 bits per heavy atom. The van der Waals surface area contributed by atoms with Gasteiger partial charge in [-0.25, -0.2) is 4.99 Å². The van der Waals surface area contributed by atoms with Gasteiger partial charge in [-0.1, -0.05) is 36.4 Å². The fourth-order valence-electron chi connectivity index (χ4n) is 2.61. The third kappa shape index (κ3) is 5.62. The highest BCUT2D eigenvalue weighted by Gasteiger charge is 2.06. The van der Waals surface area contributed by atoms with Crippen molar-refractivity contribution in [3.8, 4) is 0 Å². The highest BCUT2D eigenvalue weighted by Crippen LogP contribution is 2.04. The van der Waals surface area contributed by atoms with E-state index in [4.69, 9.17) is 0 Å². The molecular formula is C19H24N6OS. The standard InChI is InChI=1S/C19H24N6OS/c1-2-20-19(21-11-13-27(26)15-16-8-4-3-5-9-16)22-14-18-24-23-17-10-6-7-12-25(17)18/h3-10,12H,2,11,13-15H2,1H3,(H2,20,21,22). The van der Waals surface area contributed by atoms with Crippen LogP contribution in [0.3, 0.4) is 0 Å². The van der Waals surface area contributed by atoms with Crippen LogP contribution in [-0.2, 0) is 23.1 Å². The molecule has 3 aromatic rings. The van der Waals surface area contributed by atoms with Crippen LogP contribution in [0.1, 0.15) is 18.3 Å². The molecule has 0 aliphatic carbocycles. The van der Waals surface area contributed by atoms with E-state index in [0.29, 0.717) is 30.6 Å². The molecule has 1 aromatic carbocycles. The summed E-state index contributed by atoms with van der Waals surface area (Å²) >= 11 is 0. The molecule has 2 heterocycles. The Morgan fingerprint density at radius 2 is 1.93 bits per heavy atom. The Kier molecular flexibility index (Phi) is 6.92. The van der Waals surface area contributed by atoms with Gasteiger partial charge < -0.3 is 10.6 Å². The van der Waals surface area contributed by atoms with E-state index in [2.05, 4.69) is 25.8 Å². The number of rotatable bonds is 8. The van der Waals surface area contributed by atoms with Crippen molar-refractivity contribution in [2.45, 2.75) is 19.2 Å². The molecule has 3 rings (SSSR count). The minimum absolute atomic E-state index is 0.410. The summed E-state index contributed by atoms with van der Waals surface area (Å²) in [7, 11) is -0.915. The maximum absolute atomic E-state index is 12.2. The Balaban J connectivity index is 1.52. The van der Waals surface area contributed by atoms with E-state index in [-0.39, 0.29) is 0 Å². The lowest BCUT2D eigenvalue weighted by molar-refractivity contribution is 0.680. The quantitative estimate of drug-likeness (QED) is 0.456. The number of nitrogens with one attached hydrogen (secondary N) is 2. The summed E-state index contributed by atoms with van der Waals surface area (Å²) in [5.74, 6) is 2.59. The van der Waals surface area contributed by atoms with Gasteiger partial charge in [0.25, 0.3) is 0 Å². The molecule has 2 N–H and O–H groups in total. The van der Waals surface area contributed by atoms with Gasteiger partial charge in [-0.3, -0.25) is 8.61 Å². The number of pyridine rings is 1. The fourth-order valence-corrected chi connectivity index (χ4v) is 3.64. The summed E-state index contributed by atoms with van der Waals surface area (Å²) in [6.45, 7) is 3.76. The van der Waals surface area contributed by atoms with Crippen LogP contribution >= 0.6 is 0 Å². The highest BCUT2D eigenvalue weighted by atomic mass is 32.2. The summed E-state index contributed by atoms with van der Waals surface area (Å²) < 4.78 is 14.2. The lowest BCUT2D eigenvalue weighted by Gasteiger charge is -2.11. The number of benzene rings is 1. The van der Waals surface area contributed by atoms with Crippen molar-refractivity contribution >= 4 is 22.4 Å². The number of hydrogen-bond donors (Lipinski definition) is 2. The fraction of sp³-hybridized carbons (Fsp3) is 0.316. The first-order valence-corrected chi connectivity index (χ1v) is 10.4. The molecule has 8 heteroatoms. The summed E-state index contributed by atoms with van der Waals surface area (Å²) in [5.41, 5.74) is 1.90. The van der Waals surface area contributed by atoms with Crippen molar-refractivity contribution in [2.75, 3.05) is 18.8 Å². The minimum atomic E-state index is -0.915. The lowest BCUT2D eigenvalue weighted by atomic mass is 10.2. The minimum Gasteiger partial charge on any atom is -0.357 e. The van der Waals surface area contributed by atoms with Crippen LogP contribution in [0.4, 0.5) is 0 Å². The van der Waals surface area contributed by atoms with E-state index < -0.39 is 10.8 Å². The van der Waals surface area contributed by atoms with Crippen molar-refractivity contribution < 1.29 is 4.21 Å². The van der Waals surface area contributed by atoms with Crippen molar-refractivity contribution in [3.63, 3.8) is 0 Å². The molecule has 0 amide bonds. The molecule has 1 unspecified atom stereocenters. The zero-order chi connectivity index (χ0) is 18.9. The molecule has 0 fully saturated rings. The first-order valence-electron chi connectivity index (χ1n) is 8.96. The van der Waals surface area contributed by atoms with Crippen LogP contribution in [0, 0.1) is 0 Å². The van der Waals surface area contributed by atoms with Gasteiger partial charge in [0.05, 0.1) is 0 Å². The summed E-state index contributed by atoms with van der Waals surface area (Å²) in [6, 6.07) is 15.7. The van der Waals surface area contributed by atoms with E-state index in [1.54, 1.807) is 0 Å². The number of aliphatic imine (C=N–C) groups is 1. The molecule has 0 radical (unpaired) electrons. The molecule has 1 atom stereocenters. The normalized spacial score (nSPS) is 12.9. The van der Waals surface area contributed by atoms with Crippen molar-refractivity contribution in [2.24, 2.45) is 4.99 Å². The molecule has 0 aliphatic heterocycles. The van der Waals surface area contributed by atoms with Gasteiger partial charge in [-0.15, -0.1) is 10.2 Å². The van der Waals surface area contributed by atoms with Crippen molar-refractivity contribution in [1.82, 2.24) is 25.2 Å². The van der Waals surface area contributed by atoms with E-state index in [1.807, 2.05) is 66.1 Å². The van der Waals surface area contributed by atoms with Gasteiger partial charge in [-0.2, -0.15) is 0 Å². The molecule has 0 saturated heterocycles. The van der Waals surface area contributed by atoms with E-state index in [1.165, 1.54) is 0 Å². The third-order valence-electron chi connectivity index (χ3n) is 3.90. The smallest absolute Gasteiger partial charge is 0.191 e. The molecule has 2 aromatic heterocycles. The Hall–Kier alpha value is -2.74. The van der Waals surface area contributed by atoms with Gasteiger partial charge in [0, 0.05) is 41.6 Å². The second-order valence-electron chi connectivity index (χ2n) is 5.94. The third-order valence-corrected chi connectivity index (χ3v) is 5.21. The number of hydrogen-bond acceptors (Lipinski definition) is 4. The molecule has 0 spiro atoms. The first-order chi connectivity index (χ1) is 13.3. The molecule has 7 nitrogen and oxygen atoms in total. The number of fused-ring (bicyclic) bond motifs is 1. The highest BCUT2D eigenvalue weighted by molar-refractivity contribution is 7.84. The van der Waals surface area contributed by atoms with Crippen LogP contribution in [0.5, 0.6) is 0 Å². The van der Waals surface area contributed by atoms with Gasteiger partial charge in [0.2, 0.25) is 0 Å². The summed E-state index contributed by atoms with van der Waals surface area (Å²) in [5, 5.41) is 14.8. The maximum atomic E-state index is 12.2. The molecule has 142 valence electrons. The van der Waals surface area contributed by atoms with Crippen molar-refractivity contribution in [3.05, 3.63) is 66.1 Å². The number of aromatic nitrogens is 3. The first kappa shape index (κ1) is 19.0. The monoisotopic (exact) mass is 384 g/mol. The zero-order valence-corrected chi connectivity index (χ0v) is 16.2.